The third-order valence-electron chi connectivity index (χ3n) is 1.43. The molecule has 3 nitrogen and oxygen atoms in total. The number of rotatable bonds is 0. The van der Waals surface area contributed by atoms with Crippen LogP contribution in [0.1, 0.15) is 19.8 Å². The Balaban J connectivity index is 2.62. The first-order valence-corrected chi connectivity index (χ1v) is 4.75. The Morgan fingerprint density at radius 3 is 2.56 bits per heavy atom. The highest BCUT2D eigenvalue weighted by molar-refractivity contribution is 7.89. The van der Waals surface area contributed by atoms with Gasteiger partial charge in [0.2, 0.25) is 10.0 Å². The van der Waals surface area contributed by atoms with Gasteiger partial charge in [-0.25, -0.2) is 13.1 Å². The van der Waals surface area contributed by atoms with Crippen LogP contribution in [-0.4, -0.2) is 20.2 Å². The first-order chi connectivity index (χ1) is 4.10. The van der Waals surface area contributed by atoms with E-state index >= 15 is 0 Å². The van der Waals surface area contributed by atoms with Crippen LogP contribution in [0.5, 0.6) is 0 Å². The molecule has 4 heteroatoms. The van der Waals surface area contributed by atoms with Crippen LogP contribution in [0.3, 0.4) is 0 Å². The van der Waals surface area contributed by atoms with E-state index in [1.54, 1.807) is 0 Å². The van der Waals surface area contributed by atoms with Crippen molar-refractivity contribution < 1.29 is 8.42 Å². The second-order valence-corrected chi connectivity index (χ2v) is 4.35. The van der Waals surface area contributed by atoms with Crippen molar-refractivity contribution in [3.05, 3.63) is 0 Å². The first kappa shape index (κ1) is 7.02. The molecule has 54 valence electrons. The summed E-state index contributed by atoms with van der Waals surface area (Å²) >= 11 is 0. The summed E-state index contributed by atoms with van der Waals surface area (Å²) in [6, 6.07) is 0.142. The monoisotopic (exact) mass is 149 g/mol. The normalized spacial score (nSPS) is 34.1. The van der Waals surface area contributed by atoms with Gasteiger partial charge in [0.1, 0.15) is 0 Å². The lowest BCUT2D eigenvalue weighted by atomic mass is 10.2. The van der Waals surface area contributed by atoms with Crippen LogP contribution in [0.4, 0.5) is 0 Å². The fraction of sp³-hybridized carbons (Fsp3) is 1.00. The van der Waals surface area contributed by atoms with Crippen molar-refractivity contribution in [2.24, 2.45) is 0 Å². The van der Waals surface area contributed by atoms with Gasteiger partial charge in [0.05, 0.1) is 5.75 Å². The summed E-state index contributed by atoms with van der Waals surface area (Å²) in [6.07, 6.45) is 1.77. The lowest BCUT2D eigenvalue weighted by molar-refractivity contribution is 0.515. The average Bonchev–Trinajstić information content (AvgIpc) is 1.60. The highest BCUT2D eigenvalue weighted by Gasteiger charge is 2.19. The molecule has 0 unspecified atom stereocenters. The molecule has 1 aliphatic rings. The number of hydrogen-bond donors (Lipinski definition) is 1. The maximum absolute atomic E-state index is 10.7. The van der Waals surface area contributed by atoms with Crippen LogP contribution in [0.15, 0.2) is 0 Å². The van der Waals surface area contributed by atoms with E-state index in [2.05, 4.69) is 4.72 Å². The van der Waals surface area contributed by atoms with Gasteiger partial charge in [0, 0.05) is 6.04 Å². The molecule has 1 saturated heterocycles. The van der Waals surface area contributed by atoms with E-state index in [1.807, 2.05) is 6.92 Å². The van der Waals surface area contributed by atoms with E-state index in [1.165, 1.54) is 0 Å². The molecule has 0 saturated carbocycles. The molecule has 0 aromatic rings. The van der Waals surface area contributed by atoms with Gasteiger partial charge in [0.25, 0.3) is 0 Å². The van der Waals surface area contributed by atoms with Gasteiger partial charge >= 0.3 is 0 Å². The van der Waals surface area contributed by atoms with Crippen LogP contribution in [-0.2, 0) is 10.0 Å². The molecule has 1 heterocycles. The van der Waals surface area contributed by atoms with Gasteiger partial charge in [-0.3, -0.25) is 0 Å². The highest BCUT2D eigenvalue weighted by Crippen LogP contribution is 2.06. The fourth-order valence-electron chi connectivity index (χ4n) is 1.00. The first-order valence-electron chi connectivity index (χ1n) is 3.10. The molecule has 1 aliphatic heterocycles. The largest absolute Gasteiger partial charge is 0.212 e. The van der Waals surface area contributed by atoms with Crippen molar-refractivity contribution in [1.82, 2.24) is 4.72 Å². The Kier molecular flexibility index (Phi) is 1.77. The van der Waals surface area contributed by atoms with Crippen molar-refractivity contribution in [1.29, 1.82) is 0 Å². The van der Waals surface area contributed by atoms with Crippen molar-refractivity contribution in [3.8, 4) is 0 Å². The van der Waals surface area contributed by atoms with Gasteiger partial charge in [-0.05, 0) is 19.8 Å². The van der Waals surface area contributed by atoms with Gasteiger partial charge in [-0.2, -0.15) is 0 Å². The quantitative estimate of drug-likeness (QED) is 0.530. The molecule has 1 fully saturated rings. The van der Waals surface area contributed by atoms with Gasteiger partial charge in [-0.15, -0.1) is 0 Å². The summed E-state index contributed by atoms with van der Waals surface area (Å²) in [5, 5.41) is 0. The molecule has 9 heavy (non-hydrogen) atoms. The fourth-order valence-corrected chi connectivity index (χ4v) is 2.40. The van der Waals surface area contributed by atoms with Crippen LogP contribution in [0.25, 0.3) is 0 Å². The molecule has 0 aromatic heterocycles. The van der Waals surface area contributed by atoms with E-state index in [-0.39, 0.29) is 6.04 Å². The summed E-state index contributed by atoms with van der Waals surface area (Å²) in [5.74, 6) is 0.303. The summed E-state index contributed by atoms with van der Waals surface area (Å²) in [7, 11) is -2.88. The molecule has 0 spiro atoms. The summed E-state index contributed by atoms with van der Waals surface area (Å²) in [6.45, 7) is 1.89. The van der Waals surface area contributed by atoms with E-state index < -0.39 is 10.0 Å². The molecule has 0 bridgehead atoms. The lowest BCUT2D eigenvalue weighted by Gasteiger charge is -2.18. The predicted octanol–water partition coefficient (Wildman–Crippen LogP) is 0.0881. The zero-order valence-corrected chi connectivity index (χ0v) is 6.24. The standard InChI is InChI=1S/C5H11NO2S/c1-5-3-2-4-9(7,8)6-5/h5-6H,2-4H2,1H3/t5-/m0/s1. The van der Waals surface area contributed by atoms with E-state index in [0.29, 0.717) is 5.75 Å². The molecule has 0 radical (unpaired) electrons. The van der Waals surface area contributed by atoms with Crippen LogP contribution in [0.2, 0.25) is 0 Å². The Morgan fingerprint density at radius 2 is 2.22 bits per heavy atom. The predicted molar refractivity (Wildman–Crippen MR) is 35.6 cm³/mol. The van der Waals surface area contributed by atoms with Gasteiger partial charge < -0.3 is 0 Å². The second kappa shape index (κ2) is 2.27. The molecular weight excluding hydrogens is 138 g/mol. The summed E-state index contributed by atoms with van der Waals surface area (Å²) in [5.41, 5.74) is 0. The summed E-state index contributed by atoms with van der Waals surface area (Å²) in [4.78, 5) is 0. The second-order valence-electron chi connectivity index (χ2n) is 2.48. The van der Waals surface area contributed by atoms with Crippen molar-refractivity contribution in [2.75, 3.05) is 5.75 Å². The SMILES string of the molecule is C[C@H]1CCCS(=O)(=O)N1. The summed E-state index contributed by atoms with van der Waals surface area (Å²) < 4.78 is 24.0. The van der Waals surface area contributed by atoms with E-state index in [4.69, 9.17) is 0 Å². The maximum Gasteiger partial charge on any atom is 0.211 e. The van der Waals surface area contributed by atoms with E-state index in [9.17, 15) is 8.42 Å². The Morgan fingerprint density at radius 1 is 1.56 bits per heavy atom. The van der Waals surface area contributed by atoms with Crippen molar-refractivity contribution in [3.63, 3.8) is 0 Å². The van der Waals surface area contributed by atoms with Crippen LogP contribution < -0.4 is 4.72 Å². The number of nitrogens with one attached hydrogen (secondary N) is 1. The maximum atomic E-state index is 10.7. The number of hydrogen-bond acceptors (Lipinski definition) is 2. The zero-order valence-electron chi connectivity index (χ0n) is 5.42. The molecule has 1 atom stereocenters. The zero-order chi connectivity index (χ0) is 6.91. The minimum Gasteiger partial charge on any atom is -0.212 e. The van der Waals surface area contributed by atoms with Crippen LogP contribution >= 0.6 is 0 Å². The highest BCUT2D eigenvalue weighted by atomic mass is 32.2. The molecule has 0 amide bonds. The third kappa shape index (κ3) is 1.95. The Bertz CT molecular complexity index is 185. The molecular formula is C5H11NO2S. The Labute approximate surface area is 55.5 Å². The third-order valence-corrected chi connectivity index (χ3v) is 3.02. The van der Waals surface area contributed by atoms with E-state index in [0.717, 1.165) is 12.8 Å². The van der Waals surface area contributed by atoms with Gasteiger partial charge in [-0.1, -0.05) is 0 Å². The smallest absolute Gasteiger partial charge is 0.211 e. The minimum absolute atomic E-state index is 0.142. The topological polar surface area (TPSA) is 46.2 Å². The van der Waals surface area contributed by atoms with Crippen molar-refractivity contribution >= 4 is 10.0 Å². The minimum atomic E-state index is -2.88. The number of sulfonamides is 1. The Hall–Kier alpha value is -0.0900. The van der Waals surface area contributed by atoms with Crippen molar-refractivity contribution in [2.45, 2.75) is 25.8 Å². The van der Waals surface area contributed by atoms with Gasteiger partial charge in [0.15, 0.2) is 0 Å². The van der Waals surface area contributed by atoms with Crippen LogP contribution in [0, 0.1) is 0 Å². The molecule has 0 aliphatic carbocycles. The average molecular weight is 149 g/mol. The molecule has 1 rings (SSSR count). The molecule has 1 N–H and O–H groups in total. The molecule has 0 aromatic carbocycles. The lowest BCUT2D eigenvalue weighted by Crippen LogP contribution is -2.38.